The monoisotopic (exact) mass is 330 g/mol. The first kappa shape index (κ1) is 16.5. The molecule has 122 valence electrons. The van der Waals surface area contributed by atoms with Crippen LogP contribution in [0.4, 0.5) is 34.6 Å². The molecule has 1 aromatic carbocycles. The number of nitrogen functional groups attached to an aromatic ring is 1. The first-order valence-corrected chi connectivity index (χ1v) is 6.18. The second-order valence-corrected chi connectivity index (χ2v) is 4.51. The van der Waals surface area contributed by atoms with Crippen molar-refractivity contribution in [2.45, 2.75) is 12.7 Å². The van der Waals surface area contributed by atoms with Gasteiger partial charge in [-0.2, -0.15) is 13.2 Å². The van der Waals surface area contributed by atoms with Gasteiger partial charge in [-0.3, -0.25) is 15.1 Å². The Morgan fingerprint density at radius 1 is 1.26 bits per heavy atom. The molecule has 0 aliphatic heterocycles. The van der Waals surface area contributed by atoms with Gasteiger partial charge >= 0.3 is 6.18 Å². The van der Waals surface area contributed by atoms with E-state index in [4.69, 9.17) is 5.73 Å². The van der Waals surface area contributed by atoms with Gasteiger partial charge in [0.25, 0.3) is 5.69 Å². The summed E-state index contributed by atoms with van der Waals surface area (Å²) in [5.74, 6) is -1.01. The quantitative estimate of drug-likeness (QED) is 0.388. The van der Waals surface area contributed by atoms with E-state index in [0.717, 1.165) is 24.3 Å². The van der Waals surface area contributed by atoms with Gasteiger partial charge in [0.1, 0.15) is 5.69 Å². The summed E-state index contributed by atoms with van der Waals surface area (Å²) < 4.78 is 51.1. The van der Waals surface area contributed by atoms with Crippen LogP contribution in [0.3, 0.4) is 0 Å². The molecule has 0 aliphatic rings. The molecule has 3 N–H and O–H groups in total. The molecule has 0 unspecified atom stereocenters. The zero-order valence-corrected chi connectivity index (χ0v) is 11.4. The fourth-order valence-corrected chi connectivity index (χ4v) is 1.76. The molecular formula is C13H10F4N4O2. The largest absolute Gasteiger partial charge is 0.417 e. The van der Waals surface area contributed by atoms with Gasteiger partial charge < -0.3 is 11.1 Å². The molecular weight excluding hydrogens is 320 g/mol. The predicted octanol–water partition coefficient (Wildman–Crippen LogP) is 3.34. The van der Waals surface area contributed by atoms with E-state index in [9.17, 15) is 27.7 Å². The van der Waals surface area contributed by atoms with Gasteiger partial charge in [-0.05, 0) is 18.2 Å². The van der Waals surface area contributed by atoms with Crippen LogP contribution in [-0.2, 0) is 12.7 Å². The molecule has 0 fully saturated rings. The minimum atomic E-state index is -4.49. The van der Waals surface area contributed by atoms with Crippen molar-refractivity contribution < 1.29 is 22.5 Å². The second kappa shape index (κ2) is 6.07. The summed E-state index contributed by atoms with van der Waals surface area (Å²) in [5, 5.41) is 13.2. The Bertz CT molecular complexity index is 732. The number of nitrogens with zero attached hydrogens (tertiary/aromatic N) is 2. The topological polar surface area (TPSA) is 94.1 Å². The van der Waals surface area contributed by atoms with Crippen molar-refractivity contribution in [3.8, 4) is 0 Å². The third-order valence-corrected chi connectivity index (χ3v) is 2.97. The first-order valence-electron chi connectivity index (χ1n) is 6.18. The van der Waals surface area contributed by atoms with Crippen molar-refractivity contribution >= 4 is 17.1 Å². The lowest BCUT2D eigenvalue weighted by molar-refractivity contribution is -0.384. The number of hydrogen-bond acceptors (Lipinski definition) is 5. The van der Waals surface area contributed by atoms with Gasteiger partial charge in [-0.25, -0.2) is 4.39 Å². The Labute approximate surface area is 127 Å². The Kier molecular flexibility index (Phi) is 4.34. The van der Waals surface area contributed by atoms with Crippen LogP contribution in [0.1, 0.15) is 11.3 Å². The number of hydrogen-bond donors (Lipinski definition) is 2. The highest BCUT2D eigenvalue weighted by atomic mass is 19.4. The molecule has 2 rings (SSSR count). The third-order valence-electron chi connectivity index (χ3n) is 2.97. The first-order chi connectivity index (χ1) is 10.7. The van der Waals surface area contributed by atoms with Crippen LogP contribution in [0, 0.1) is 15.9 Å². The third kappa shape index (κ3) is 3.65. The van der Waals surface area contributed by atoms with Crippen molar-refractivity contribution in [2.24, 2.45) is 0 Å². The average molecular weight is 330 g/mol. The van der Waals surface area contributed by atoms with E-state index in [1.165, 1.54) is 0 Å². The second-order valence-electron chi connectivity index (χ2n) is 4.51. The van der Waals surface area contributed by atoms with E-state index < -0.39 is 33.9 Å². The van der Waals surface area contributed by atoms with Crippen LogP contribution in [-0.4, -0.2) is 9.91 Å². The zero-order valence-electron chi connectivity index (χ0n) is 11.4. The van der Waals surface area contributed by atoms with Crippen molar-refractivity contribution in [2.75, 3.05) is 11.1 Å². The Morgan fingerprint density at radius 2 is 1.96 bits per heavy atom. The average Bonchev–Trinajstić information content (AvgIpc) is 2.48. The number of pyridine rings is 1. The van der Waals surface area contributed by atoms with E-state index in [2.05, 4.69) is 10.3 Å². The Morgan fingerprint density at radius 3 is 2.48 bits per heavy atom. The van der Waals surface area contributed by atoms with Gasteiger partial charge in [0.2, 0.25) is 0 Å². The molecule has 0 radical (unpaired) electrons. The van der Waals surface area contributed by atoms with Gasteiger partial charge in [0.15, 0.2) is 5.82 Å². The van der Waals surface area contributed by atoms with E-state index in [-0.39, 0.29) is 17.9 Å². The summed E-state index contributed by atoms with van der Waals surface area (Å²) in [6.07, 6.45) is -3.82. The number of benzene rings is 1. The molecule has 23 heavy (non-hydrogen) atoms. The van der Waals surface area contributed by atoms with Gasteiger partial charge in [-0.15, -0.1) is 0 Å². The number of nitro groups is 1. The minimum Gasteiger partial charge on any atom is -0.391 e. The van der Waals surface area contributed by atoms with Crippen molar-refractivity contribution in [3.05, 3.63) is 57.7 Å². The molecule has 0 saturated heterocycles. The van der Waals surface area contributed by atoms with Crippen LogP contribution >= 0.6 is 0 Å². The number of halogens is 4. The molecule has 1 aromatic heterocycles. The fourth-order valence-electron chi connectivity index (χ4n) is 1.76. The smallest absolute Gasteiger partial charge is 0.391 e. The number of nitrogens with two attached hydrogens (primary N) is 1. The number of aromatic nitrogens is 1. The van der Waals surface area contributed by atoms with Crippen LogP contribution < -0.4 is 11.1 Å². The van der Waals surface area contributed by atoms with Crippen LogP contribution in [0.25, 0.3) is 0 Å². The molecule has 1 heterocycles. The Hall–Kier alpha value is -2.91. The molecule has 0 atom stereocenters. The van der Waals surface area contributed by atoms with E-state index >= 15 is 0 Å². The lowest BCUT2D eigenvalue weighted by Gasteiger charge is -2.10. The SMILES string of the molecule is Nc1c([N+](=O)[O-])ccc(NCc2ccc(C(F)(F)F)cn2)c1F. The number of anilines is 2. The van der Waals surface area contributed by atoms with Crippen LogP contribution in [0.2, 0.25) is 0 Å². The molecule has 10 heteroatoms. The van der Waals surface area contributed by atoms with Gasteiger partial charge in [0.05, 0.1) is 28.4 Å². The standard InChI is InChI=1S/C13H10F4N4O2/c14-11-9(3-4-10(12(11)18)21(22)23)20-6-8-2-1-7(5-19-8)13(15,16)17/h1-5,20H,6,18H2. The lowest BCUT2D eigenvalue weighted by atomic mass is 10.2. The summed E-state index contributed by atoms with van der Waals surface area (Å²) in [6, 6.07) is 4.14. The summed E-state index contributed by atoms with van der Waals surface area (Å²) in [4.78, 5) is 13.4. The molecule has 0 bridgehead atoms. The number of alkyl halides is 3. The highest BCUT2D eigenvalue weighted by Crippen LogP contribution is 2.30. The van der Waals surface area contributed by atoms with Crippen molar-refractivity contribution in [1.82, 2.24) is 4.98 Å². The van der Waals surface area contributed by atoms with E-state index in [1.807, 2.05) is 0 Å². The lowest BCUT2D eigenvalue weighted by Crippen LogP contribution is -2.09. The van der Waals surface area contributed by atoms with Gasteiger partial charge in [-0.1, -0.05) is 0 Å². The summed E-state index contributed by atoms with van der Waals surface area (Å²) in [5.41, 5.74) is 3.35. The van der Waals surface area contributed by atoms with Crippen LogP contribution in [0.5, 0.6) is 0 Å². The maximum absolute atomic E-state index is 13.9. The van der Waals surface area contributed by atoms with E-state index in [0.29, 0.717) is 6.20 Å². The molecule has 0 aliphatic carbocycles. The maximum atomic E-state index is 13.9. The number of nitro benzene ring substituents is 1. The van der Waals surface area contributed by atoms with Crippen LogP contribution in [0.15, 0.2) is 30.5 Å². The molecule has 6 nitrogen and oxygen atoms in total. The maximum Gasteiger partial charge on any atom is 0.417 e. The molecule has 0 amide bonds. The highest BCUT2D eigenvalue weighted by molar-refractivity contribution is 5.67. The van der Waals surface area contributed by atoms with Crippen molar-refractivity contribution in [3.63, 3.8) is 0 Å². The normalized spacial score (nSPS) is 11.3. The summed E-state index contributed by atoms with van der Waals surface area (Å²) in [6.45, 7) is -0.0771. The number of rotatable bonds is 4. The molecule has 2 aromatic rings. The zero-order chi connectivity index (χ0) is 17.2. The minimum absolute atomic E-state index is 0.0771. The summed E-state index contributed by atoms with van der Waals surface area (Å²) >= 11 is 0. The van der Waals surface area contributed by atoms with E-state index in [1.54, 1.807) is 0 Å². The predicted molar refractivity (Wildman–Crippen MR) is 74.0 cm³/mol. The van der Waals surface area contributed by atoms with Gasteiger partial charge in [0, 0.05) is 12.3 Å². The molecule has 0 spiro atoms. The summed E-state index contributed by atoms with van der Waals surface area (Å²) in [7, 11) is 0. The van der Waals surface area contributed by atoms with Crippen molar-refractivity contribution in [1.29, 1.82) is 0 Å². The Balaban J connectivity index is 2.12. The number of nitrogens with one attached hydrogen (secondary N) is 1. The fraction of sp³-hybridized carbons (Fsp3) is 0.154. The molecule has 0 saturated carbocycles. The highest BCUT2D eigenvalue weighted by Gasteiger charge is 2.30.